The third-order valence-electron chi connectivity index (χ3n) is 4.75. The predicted molar refractivity (Wildman–Crippen MR) is 92.6 cm³/mol. The molecule has 5 rings (SSSR count). The van der Waals surface area contributed by atoms with E-state index in [2.05, 4.69) is 20.5 Å². The maximum atomic E-state index is 11.2. The van der Waals surface area contributed by atoms with E-state index in [0.29, 0.717) is 18.3 Å². The minimum Gasteiger partial charge on any atom is -0.362 e. The molecule has 3 N–H and O–H groups in total. The van der Waals surface area contributed by atoms with Gasteiger partial charge in [0.15, 0.2) is 0 Å². The Morgan fingerprint density at radius 2 is 2.08 bits per heavy atom. The summed E-state index contributed by atoms with van der Waals surface area (Å²) in [5.41, 5.74) is 1.13. The van der Waals surface area contributed by atoms with Crippen LogP contribution < -0.4 is 11.0 Å². The van der Waals surface area contributed by atoms with Gasteiger partial charge in [-0.05, 0) is 44.1 Å². The van der Waals surface area contributed by atoms with E-state index in [9.17, 15) is 4.79 Å². The molecule has 3 aromatic rings. The second-order valence-electron chi connectivity index (χ2n) is 6.57. The van der Waals surface area contributed by atoms with Crippen molar-refractivity contribution in [3.63, 3.8) is 0 Å². The summed E-state index contributed by atoms with van der Waals surface area (Å²) < 4.78 is 0. The summed E-state index contributed by atoms with van der Waals surface area (Å²) in [6.07, 6.45) is 7.12. The van der Waals surface area contributed by atoms with Gasteiger partial charge in [-0.25, -0.2) is 19.9 Å². The van der Waals surface area contributed by atoms with Gasteiger partial charge in [-0.15, -0.1) is 11.3 Å². The van der Waals surface area contributed by atoms with Gasteiger partial charge in [0.25, 0.3) is 0 Å². The second kappa shape index (κ2) is 5.41. The van der Waals surface area contributed by atoms with E-state index in [1.807, 2.05) is 11.3 Å². The lowest BCUT2D eigenvalue weighted by Gasteiger charge is -2.12. The number of hydrogen-bond donors (Lipinski definition) is 3. The van der Waals surface area contributed by atoms with Crippen LogP contribution >= 0.6 is 11.3 Å². The molecule has 0 saturated heterocycles. The highest BCUT2D eigenvalue weighted by molar-refractivity contribution is 7.19. The van der Waals surface area contributed by atoms with Crippen LogP contribution in [0.5, 0.6) is 0 Å². The minimum atomic E-state index is -0.286. The largest absolute Gasteiger partial charge is 0.362 e. The lowest BCUT2D eigenvalue weighted by atomic mass is 9.97. The lowest BCUT2D eigenvalue weighted by molar-refractivity contribution is 0.700. The van der Waals surface area contributed by atoms with Crippen molar-refractivity contribution in [1.82, 2.24) is 25.1 Å². The molecule has 24 heavy (non-hydrogen) atoms. The molecule has 0 aromatic carbocycles. The Morgan fingerprint density at radius 1 is 1.21 bits per heavy atom. The van der Waals surface area contributed by atoms with Gasteiger partial charge in [0.1, 0.15) is 22.3 Å². The summed E-state index contributed by atoms with van der Waals surface area (Å²) in [4.78, 5) is 26.1. The smallest absolute Gasteiger partial charge is 0.340 e. The van der Waals surface area contributed by atoms with E-state index in [1.54, 1.807) is 0 Å². The van der Waals surface area contributed by atoms with Gasteiger partial charge >= 0.3 is 5.69 Å². The van der Waals surface area contributed by atoms with E-state index < -0.39 is 0 Å². The molecule has 2 aliphatic carbocycles. The standard InChI is InChI=1S/C16H18N6OS/c23-16-18-11(21-22-16)7-17-14-12-9-3-1-2-4-10(9)24-15(12)20-13(19-14)8-5-6-8/h8H,1-7H2,(H,17,19,20)(H2,18,21,22,23). The zero-order valence-electron chi connectivity index (χ0n) is 13.2. The Labute approximate surface area is 141 Å². The van der Waals surface area contributed by atoms with Gasteiger partial charge in [0, 0.05) is 10.8 Å². The normalized spacial score (nSPS) is 17.2. The highest BCUT2D eigenvalue weighted by atomic mass is 32.1. The summed E-state index contributed by atoms with van der Waals surface area (Å²) in [7, 11) is 0. The van der Waals surface area contributed by atoms with Crippen LogP contribution in [0.3, 0.4) is 0 Å². The van der Waals surface area contributed by atoms with Crippen LogP contribution in [-0.4, -0.2) is 25.1 Å². The Bertz CT molecular complexity index is 967. The van der Waals surface area contributed by atoms with Gasteiger partial charge in [0.2, 0.25) is 0 Å². The predicted octanol–water partition coefficient (Wildman–Crippen LogP) is 2.47. The number of aromatic amines is 2. The lowest BCUT2D eigenvalue weighted by Crippen LogP contribution is -2.08. The van der Waals surface area contributed by atoms with Gasteiger partial charge in [-0.3, -0.25) is 4.98 Å². The molecule has 8 heteroatoms. The first-order chi connectivity index (χ1) is 11.8. The number of anilines is 1. The van der Waals surface area contributed by atoms with E-state index >= 15 is 0 Å². The molecule has 0 unspecified atom stereocenters. The molecular weight excluding hydrogens is 324 g/mol. The molecular formula is C16H18N6OS. The summed E-state index contributed by atoms with van der Waals surface area (Å²) >= 11 is 1.83. The zero-order valence-corrected chi connectivity index (χ0v) is 14.0. The maximum Gasteiger partial charge on any atom is 0.340 e. The number of thiophene rings is 1. The van der Waals surface area contributed by atoms with Gasteiger partial charge in [0.05, 0.1) is 11.9 Å². The molecule has 0 atom stereocenters. The van der Waals surface area contributed by atoms with Crippen molar-refractivity contribution in [2.24, 2.45) is 0 Å². The van der Waals surface area contributed by atoms with Crippen LogP contribution in [0.2, 0.25) is 0 Å². The highest BCUT2D eigenvalue weighted by Gasteiger charge is 2.29. The number of rotatable bonds is 4. The first-order valence-corrected chi connectivity index (χ1v) is 9.29. The van der Waals surface area contributed by atoms with Crippen molar-refractivity contribution in [1.29, 1.82) is 0 Å². The third-order valence-corrected chi connectivity index (χ3v) is 5.93. The quantitative estimate of drug-likeness (QED) is 0.676. The summed E-state index contributed by atoms with van der Waals surface area (Å²) in [5.74, 6) is 2.95. The summed E-state index contributed by atoms with van der Waals surface area (Å²) in [6.45, 7) is 0.444. The third kappa shape index (κ3) is 2.41. The van der Waals surface area contributed by atoms with Crippen molar-refractivity contribution < 1.29 is 0 Å². The summed E-state index contributed by atoms with van der Waals surface area (Å²) in [6, 6.07) is 0. The zero-order chi connectivity index (χ0) is 16.1. The Kier molecular flexibility index (Phi) is 3.19. The van der Waals surface area contributed by atoms with Crippen LogP contribution in [0.1, 0.15) is 53.7 Å². The number of nitrogens with one attached hydrogen (secondary N) is 3. The van der Waals surface area contributed by atoms with Crippen molar-refractivity contribution in [3.05, 3.63) is 32.6 Å². The molecule has 7 nitrogen and oxygen atoms in total. The SMILES string of the molecule is O=c1[nH]nc(CNc2nc(C3CC3)nc3sc4c(c23)CCCC4)[nH]1. The molecule has 0 aliphatic heterocycles. The first kappa shape index (κ1) is 14.2. The number of fused-ring (bicyclic) bond motifs is 3. The molecule has 0 radical (unpaired) electrons. The minimum absolute atomic E-state index is 0.286. The molecule has 3 heterocycles. The number of aromatic nitrogens is 5. The Balaban J connectivity index is 1.58. The van der Waals surface area contributed by atoms with Crippen LogP contribution in [0.4, 0.5) is 5.82 Å². The van der Waals surface area contributed by atoms with E-state index in [0.717, 1.165) is 29.3 Å². The topological polar surface area (TPSA) is 99.3 Å². The fourth-order valence-corrected chi connectivity index (χ4v) is 4.65. The molecule has 124 valence electrons. The van der Waals surface area contributed by atoms with Crippen LogP contribution in [0.15, 0.2) is 4.79 Å². The molecule has 0 spiro atoms. The maximum absolute atomic E-state index is 11.2. The fourth-order valence-electron chi connectivity index (χ4n) is 3.38. The second-order valence-corrected chi connectivity index (χ2v) is 7.66. The van der Waals surface area contributed by atoms with E-state index in [1.165, 1.54) is 41.5 Å². The van der Waals surface area contributed by atoms with Crippen molar-refractivity contribution in [2.75, 3.05) is 5.32 Å². The Hall–Kier alpha value is -2.22. The number of aryl methyl sites for hydroxylation is 2. The average Bonchev–Trinajstić information content (AvgIpc) is 3.26. The molecule has 3 aromatic heterocycles. The van der Waals surface area contributed by atoms with Crippen LogP contribution in [0, 0.1) is 0 Å². The monoisotopic (exact) mass is 342 g/mol. The van der Waals surface area contributed by atoms with Crippen LogP contribution in [-0.2, 0) is 19.4 Å². The average molecular weight is 342 g/mol. The Morgan fingerprint density at radius 3 is 2.88 bits per heavy atom. The van der Waals surface area contributed by atoms with Crippen molar-refractivity contribution >= 4 is 27.4 Å². The van der Waals surface area contributed by atoms with Crippen LogP contribution in [0.25, 0.3) is 10.2 Å². The molecule has 2 aliphatic rings. The number of H-pyrrole nitrogens is 2. The molecule has 0 amide bonds. The summed E-state index contributed by atoms with van der Waals surface area (Å²) in [5, 5.41) is 10.9. The highest BCUT2D eigenvalue weighted by Crippen LogP contribution is 2.43. The van der Waals surface area contributed by atoms with Crippen molar-refractivity contribution in [2.45, 2.75) is 51.0 Å². The molecule has 1 fully saturated rings. The first-order valence-electron chi connectivity index (χ1n) is 8.47. The number of nitrogens with zero attached hydrogens (tertiary/aromatic N) is 3. The van der Waals surface area contributed by atoms with E-state index in [4.69, 9.17) is 9.97 Å². The fraction of sp³-hybridized carbons (Fsp3) is 0.500. The van der Waals surface area contributed by atoms with Gasteiger partial charge in [-0.1, -0.05) is 0 Å². The van der Waals surface area contributed by atoms with Gasteiger partial charge < -0.3 is 5.32 Å². The van der Waals surface area contributed by atoms with Gasteiger partial charge in [-0.2, -0.15) is 5.10 Å². The number of hydrogen-bond acceptors (Lipinski definition) is 6. The van der Waals surface area contributed by atoms with E-state index in [-0.39, 0.29) is 5.69 Å². The molecule has 1 saturated carbocycles. The van der Waals surface area contributed by atoms with Crippen molar-refractivity contribution in [3.8, 4) is 0 Å². The molecule has 0 bridgehead atoms.